The molecule has 48 valence electrons. The van der Waals surface area contributed by atoms with Gasteiger partial charge in [-0.15, -0.1) is 0 Å². The van der Waals surface area contributed by atoms with E-state index in [1.807, 2.05) is 0 Å². The summed E-state index contributed by atoms with van der Waals surface area (Å²) in [7, 11) is 0. The quantitative estimate of drug-likeness (QED) is 0.508. The molecule has 0 saturated carbocycles. The molecule has 0 spiro atoms. The third-order valence-corrected chi connectivity index (χ3v) is 1.69. The number of hydrogen-bond donors (Lipinski definition) is 2. The van der Waals surface area contributed by atoms with Gasteiger partial charge in [0.2, 0.25) is 0 Å². The van der Waals surface area contributed by atoms with Gasteiger partial charge in [0.15, 0.2) is 0 Å². The Morgan fingerprint density at radius 3 is 2.62 bits per heavy atom. The van der Waals surface area contributed by atoms with E-state index in [1.165, 1.54) is 6.42 Å². The van der Waals surface area contributed by atoms with Crippen molar-refractivity contribution in [2.45, 2.75) is 31.8 Å². The van der Waals surface area contributed by atoms with Crippen LogP contribution >= 0.6 is 0 Å². The highest BCUT2D eigenvalue weighted by Crippen LogP contribution is 2.09. The van der Waals surface area contributed by atoms with Gasteiger partial charge in [-0.2, -0.15) is 0 Å². The molecule has 8 heavy (non-hydrogen) atoms. The number of aliphatic hydroxyl groups excluding tert-OH is 1. The average Bonchev–Trinajstić information content (AvgIpc) is 2.14. The second kappa shape index (κ2) is 2.46. The molecule has 1 aliphatic rings. The third kappa shape index (κ3) is 1.20. The monoisotopic (exact) mass is 115 g/mol. The minimum absolute atomic E-state index is 0.296. The zero-order valence-corrected chi connectivity index (χ0v) is 5.22. The van der Waals surface area contributed by atoms with Crippen molar-refractivity contribution < 1.29 is 5.11 Å². The summed E-state index contributed by atoms with van der Waals surface area (Å²) in [5, 5.41) is 11.9. The summed E-state index contributed by atoms with van der Waals surface area (Å²) < 4.78 is 0. The van der Waals surface area contributed by atoms with E-state index in [4.69, 9.17) is 5.11 Å². The minimum atomic E-state index is 0.296. The van der Waals surface area contributed by atoms with Crippen LogP contribution in [-0.4, -0.2) is 23.8 Å². The highest BCUT2D eigenvalue weighted by Gasteiger charge is 2.18. The predicted molar refractivity (Wildman–Crippen MR) is 32.7 cm³/mol. The molecule has 2 nitrogen and oxygen atoms in total. The van der Waals surface area contributed by atoms with Gasteiger partial charge in [-0.3, -0.25) is 0 Å². The smallest absolute Gasteiger partial charge is 0.0584 e. The Kier molecular flexibility index (Phi) is 1.86. The Labute approximate surface area is 49.9 Å². The average molecular weight is 115 g/mol. The van der Waals surface area contributed by atoms with Gasteiger partial charge >= 0.3 is 0 Å². The van der Waals surface area contributed by atoms with E-state index < -0.39 is 0 Å². The van der Waals surface area contributed by atoms with E-state index in [2.05, 4.69) is 12.2 Å². The van der Waals surface area contributed by atoms with Crippen LogP contribution in [-0.2, 0) is 0 Å². The topological polar surface area (TPSA) is 32.3 Å². The molecule has 1 saturated heterocycles. The molecule has 2 heteroatoms. The summed E-state index contributed by atoms with van der Waals surface area (Å²) in [5.41, 5.74) is 0. The van der Waals surface area contributed by atoms with E-state index >= 15 is 0 Å². The fraction of sp³-hybridized carbons (Fsp3) is 1.00. The first-order valence-corrected chi connectivity index (χ1v) is 3.20. The number of nitrogens with one attached hydrogen (secondary N) is 1. The SMILES string of the molecule is C[C@H]1CCC(CO)N1. The first kappa shape index (κ1) is 6.05. The van der Waals surface area contributed by atoms with Crippen LogP contribution in [0.25, 0.3) is 0 Å². The lowest BCUT2D eigenvalue weighted by molar-refractivity contribution is 0.252. The molecule has 2 atom stereocenters. The molecule has 1 aliphatic heterocycles. The zero-order chi connectivity index (χ0) is 5.98. The van der Waals surface area contributed by atoms with Gasteiger partial charge in [0.05, 0.1) is 6.61 Å². The Morgan fingerprint density at radius 1 is 1.62 bits per heavy atom. The molecule has 0 aromatic heterocycles. The summed E-state index contributed by atoms with van der Waals surface area (Å²) >= 11 is 0. The third-order valence-electron chi connectivity index (χ3n) is 1.69. The van der Waals surface area contributed by atoms with Crippen molar-refractivity contribution in [3.63, 3.8) is 0 Å². The lowest BCUT2D eigenvalue weighted by Gasteiger charge is -2.05. The molecule has 0 radical (unpaired) electrons. The zero-order valence-electron chi connectivity index (χ0n) is 5.22. The lowest BCUT2D eigenvalue weighted by Crippen LogP contribution is -2.29. The van der Waals surface area contributed by atoms with E-state index in [-0.39, 0.29) is 0 Å². The van der Waals surface area contributed by atoms with Gasteiger partial charge in [-0.25, -0.2) is 0 Å². The Morgan fingerprint density at radius 2 is 2.38 bits per heavy atom. The van der Waals surface area contributed by atoms with Crippen LogP contribution in [0.3, 0.4) is 0 Å². The van der Waals surface area contributed by atoms with E-state index in [1.54, 1.807) is 0 Å². The first-order valence-electron chi connectivity index (χ1n) is 3.20. The summed E-state index contributed by atoms with van der Waals surface area (Å²) in [4.78, 5) is 0. The van der Waals surface area contributed by atoms with Crippen molar-refractivity contribution in [3.8, 4) is 0 Å². The molecular formula is C6H13NO. The van der Waals surface area contributed by atoms with E-state index in [0.717, 1.165) is 6.42 Å². The van der Waals surface area contributed by atoms with Crippen molar-refractivity contribution in [3.05, 3.63) is 0 Å². The standard InChI is InChI=1S/C6H13NO/c1-5-2-3-6(4-8)7-5/h5-8H,2-4H2,1H3/t5-,6?/m0/s1. The van der Waals surface area contributed by atoms with Crippen molar-refractivity contribution >= 4 is 0 Å². The molecule has 0 amide bonds. The molecule has 2 N–H and O–H groups in total. The summed E-state index contributed by atoms with van der Waals surface area (Å²) in [6.07, 6.45) is 2.35. The van der Waals surface area contributed by atoms with Gasteiger partial charge in [-0.05, 0) is 19.8 Å². The molecule has 1 heterocycles. The van der Waals surface area contributed by atoms with Crippen LogP contribution in [0, 0.1) is 0 Å². The van der Waals surface area contributed by atoms with E-state index in [9.17, 15) is 0 Å². The highest BCUT2D eigenvalue weighted by molar-refractivity contribution is 4.79. The molecule has 0 bridgehead atoms. The maximum absolute atomic E-state index is 8.62. The van der Waals surface area contributed by atoms with Crippen LogP contribution in [0.4, 0.5) is 0 Å². The fourth-order valence-corrected chi connectivity index (χ4v) is 1.16. The molecule has 0 aromatic rings. The molecular weight excluding hydrogens is 102 g/mol. The molecule has 0 aliphatic carbocycles. The normalized spacial score (nSPS) is 38.2. The fourth-order valence-electron chi connectivity index (χ4n) is 1.16. The van der Waals surface area contributed by atoms with Gasteiger partial charge in [0.1, 0.15) is 0 Å². The maximum Gasteiger partial charge on any atom is 0.0584 e. The second-order valence-electron chi connectivity index (χ2n) is 2.52. The van der Waals surface area contributed by atoms with Gasteiger partial charge in [0.25, 0.3) is 0 Å². The van der Waals surface area contributed by atoms with Gasteiger partial charge in [-0.1, -0.05) is 0 Å². The van der Waals surface area contributed by atoms with E-state index in [0.29, 0.717) is 18.7 Å². The number of aliphatic hydroxyl groups is 1. The second-order valence-corrected chi connectivity index (χ2v) is 2.52. The molecule has 0 aromatic carbocycles. The van der Waals surface area contributed by atoms with Crippen molar-refractivity contribution in [1.82, 2.24) is 5.32 Å². The van der Waals surface area contributed by atoms with Crippen LogP contribution in [0.15, 0.2) is 0 Å². The maximum atomic E-state index is 8.62. The summed E-state index contributed by atoms with van der Waals surface area (Å²) in [6.45, 7) is 2.44. The van der Waals surface area contributed by atoms with Crippen LogP contribution < -0.4 is 5.32 Å². The van der Waals surface area contributed by atoms with Crippen LogP contribution in [0.1, 0.15) is 19.8 Å². The number of hydrogen-bond acceptors (Lipinski definition) is 2. The van der Waals surface area contributed by atoms with Crippen LogP contribution in [0.5, 0.6) is 0 Å². The summed E-state index contributed by atoms with van der Waals surface area (Å²) in [5.74, 6) is 0. The lowest BCUT2D eigenvalue weighted by atomic mass is 10.2. The largest absolute Gasteiger partial charge is 0.395 e. The van der Waals surface area contributed by atoms with Crippen molar-refractivity contribution in [1.29, 1.82) is 0 Å². The molecule has 1 rings (SSSR count). The number of rotatable bonds is 1. The first-order chi connectivity index (χ1) is 3.83. The predicted octanol–water partition coefficient (Wildman–Crippen LogP) is 0.119. The van der Waals surface area contributed by atoms with Gasteiger partial charge < -0.3 is 10.4 Å². The molecule has 1 unspecified atom stereocenters. The minimum Gasteiger partial charge on any atom is -0.395 e. The Hall–Kier alpha value is -0.0800. The van der Waals surface area contributed by atoms with Crippen LogP contribution in [0.2, 0.25) is 0 Å². The Balaban J connectivity index is 2.22. The van der Waals surface area contributed by atoms with Crippen molar-refractivity contribution in [2.75, 3.05) is 6.61 Å². The summed E-state index contributed by atoms with van der Waals surface area (Å²) in [6, 6.07) is 0.997. The van der Waals surface area contributed by atoms with Crippen molar-refractivity contribution in [2.24, 2.45) is 0 Å². The highest BCUT2D eigenvalue weighted by atomic mass is 16.3. The molecule has 1 fully saturated rings. The Bertz CT molecular complexity index is 74.9. The van der Waals surface area contributed by atoms with Gasteiger partial charge in [0, 0.05) is 12.1 Å².